The van der Waals surface area contributed by atoms with Crippen LogP contribution in [0.1, 0.15) is 13.8 Å². The summed E-state index contributed by atoms with van der Waals surface area (Å²) >= 11 is 0. The summed E-state index contributed by atoms with van der Waals surface area (Å²) in [6, 6.07) is -0.565. The third kappa shape index (κ3) is 1.64. The highest BCUT2D eigenvalue weighted by Gasteiger charge is 2.47. The zero-order valence-corrected chi connectivity index (χ0v) is 7.45. The number of alkyl halides is 1. The topological polar surface area (TPSA) is 66.4 Å². The molecule has 0 unspecified atom stereocenters. The van der Waals surface area contributed by atoms with Crippen LogP contribution >= 0.6 is 0 Å². The largest absolute Gasteiger partial charge is 0.481 e. The summed E-state index contributed by atoms with van der Waals surface area (Å²) in [7, 11) is 0. The van der Waals surface area contributed by atoms with E-state index in [0.717, 1.165) is 0 Å². The summed E-state index contributed by atoms with van der Waals surface area (Å²) in [5, 5.41) is 11.0. The van der Waals surface area contributed by atoms with Gasteiger partial charge in [-0.1, -0.05) is 0 Å². The molecule has 13 heavy (non-hydrogen) atoms. The molecule has 2 N–H and O–H groups in total. The van der Waals surface area contributed by atoms with Crippen molar-refractivity contribution in [2.24, 2.45) is 11.8 Å². The second kappa shape index (κ2) is 3.32. The summed E-state index contributed by atoms with van der Waals surface area (Å²) in [6.07, 6.45) is -1.29. The van der Waals surface area contributed by atoms with Crippen molar-refractivity contribution in [2.75, 3.05) is 0 Å². The lowest BCUT2D eigenvalue weighted by Crippen LogP contribution is -2.64. The predicted molar refractivity (Wildman–Crippen MR) is 42.8 cm³/mol. The van der Waals surface area contributed by atoms with Gasteiger partial charge in [-0.2, -0.15) is 0 Å². The molecule has 0 aliphatic carbocycles. The maximum absolute atomic E-state index is 12.8. The van der Waals surface area contributed by atoms with Gasteiger partial charge in [-0.05, 0) is 13.8 Å². The highest BCUT2D eigenvalue weighted by molar-refractivity contribution is 5.88. The van der Waals surface area contributed by atoms with Crippen molar-refractivity contribution in [3.63, 3.8) is 0 Å². The van der Waals surface area contributed by atoms with E-state index in [-0.39, 0.29) is 0 Å². The Morgan fingerprint density at radius 2 is 2.15 bits per heavy atom. The minimum absolute atomic E-state index is 0.395. The molecule has 1 amide bonds. The molecule has 0 bridgehead atoms. The first-order valence-corrected chi connectivity index (χ1v) is 4.12. The first-order chi connectivity index (χ1) is 5.95. The molecule has 0 radical (unpaired) electrons. The molecule has 0 spiro atoms. The zero-order valence-electron chi connectivity index (χ0n) is 7.45. The Labute approximate surface area is 75.1 Å². The number of carbonyl (C=O) groups is 2. The fourth-order valence-electron chi connectivity index (χ4n) is 1.50. The van der Waals surface area contributed by atoms with Gasteiger partial charge in [-0.25, -0.2) is 4.39 Å². The molecule has 4 nitrogen and oxygen atoms in total. The molecule has 1 aliphatic rings. The van der Waals surface area contributed by atoms with Crippen LogP contribution in [-0.4, -0.2) is 29.2 Å². The lowest BCUT2D eigenvalue weighted by atomic mass is 9.79. The van der Waals surface area contributed by atoms with Crippen LogP contribution in [0.5, 0.6) is 0 Å². The summed E-state index contributed by atoms with van der Waals surface area (Å²) in [6.45, 7) is 2.73. The monoisotopic (exact) mass is 189 g/mol. The Kier molecular flexibility index (Phi) is 2.54. The van der Waals surface area contributed by atoms with Crippen LogP contribution in [0.4, 0.5) is 4.39 Å². The first kappa shape index (κ1) is 9.95. The van der Waals surface area contributed by atoms with Crippen molar-refractivity contribution in [3.8, 4) is 0 Å². The molecule has 0 saturated carbocycles. The first-order valence-electron chi connectivity index (χ1n) is 4.12. The van der Waals surface area contributed by atoms with Crippen LogP contribution in [0, 0.1) is 11.8 Å². The molecule has 0 aromatic carbocycles. The minimum Gasteiger partial charge on any atom is -0.481 e. The minimum atomic E-state index is -1.29. The van der Waals surface area contributed by atoms with E-state index in [1.54, 1.807) is 0 Å². The molecule has 1 fully saturated rings. The molecular weight excluding hydrogens is 177 g/mol. The number of rotatable bonds is 3. The van der Waals surface area contributed by atoms with Gasteiger partial charge in [0, 0.05) is 0 Å². The molecule has 0 aromatic heterocycles. The van der Waals surface area contributed by atoms with Crippen molar-refractivity contribution in [1.29, 1.82) is 0 Å². The van der Waals surface area contributed by atoms with E-state index in [9.17, 15) is 14.0 Å². The van der Waals surface area contributed by atoms with Crippen molar-refractivity contribution >= 4 is 11.9 Å². The van der Waals surface area contributed by atoms with Gasteiger partial charge in [-0.3, -0.25) is 9.59 Å². The number of amides is 1. The number of hydrogen-bond donors (Lipinski definition) is 2. The molecule has 4 atom stereocenters. The van der Waals surface area contributed by atoms with E-state index < -0.39 is 35.9 Å². The van der Waals surface area contributed by atoms with Crippen molar-refractivity contribution in [2.45, 2.75) is 26.1 Å². The van der Waals surface area contributed by atoms with Crippen molar-refractivity contribution in [1.82, 2.24) is 5.32 Å². The fraction of sp³-hybridized carbons (Fsp3) is 0.750. The van der Waals surface area contributed by atoms with E-state index in [4.69, 9.17) is 5.11 Å². The third-order valence-corrected chi connectivity index (χ3v) is 2.42. The highest BCUT2D eigenvalue weighted by atomic mass is 19.1. The molecule has 1 heterocycles. The summed E-state index contributed by atoms with van der Waals surface area (Å²) in [5.74, 6) is -2.95. The quantitative estimate of drug-likeness (QED) is 0.622. The average Bonchev–Trinajstić information content (AvgIpc) is 1.97. The average molecular weight is 189 g/mol. The lowest BCUT2D eigenvalue weighted by Gasteiger charge is -2.39. The molecule has 1 aliphatic heterocycles. The van der Waals surface area contributed by atoms with Crippen LogP contribution in [0.15, 0.2) is 0 Å². The number of nitrogens with one attached hydrogen (secondary N) is 1. The van der Waals surface area contributed by atoms with E-state index in [0.29, 0.717) is 0 Å². The maximum Gasteiger partial charge on any atom is 0.308 e. The Morgan fingerprint density at radius 3 is 2.46 bits per heavy atom. The van der Waals surface area contributed by atoms with Gasteiger partial charge in [-0.15, -0.1) is 0 Å². The van der Waals surface area contributed by atoms with Gasteiger partial charge in [0.1, 0.15) is 6.17 Å². The zero-order chi connectivity index (χ0) is 10.2. The van der Waals surface area contributed by atoms with Gasteiger partial charge in [0.05, 0.1) is 17.9 Å². The lowest BCUT2D eigenvalue weighted by molar-refractivity contribution is -0.150. The van der Waals surface area contributed by atoms with Gasteiger partial charge >= 0.3 is 5.97 Å². The summed E-state index contributed by atoms with van der Waals surface area (Å²) in [5.41, 5.74) is 0. The van der Waals surface area contributed by atoms with Gasteiger partial charge in [0.25, 0.3) is 0 Å². The molecule has 5 heteroatoms. The SMILES string of the molecule is C[C@H](C(=O)O)[C@H]1NC(=O)[C@@H]1[C@@H](C)F. The molecule has 1 rings (SSSR count). The predicted octanol–water partition coefficient (Wildman–Crippen LogP) is 0.180. The van der Waals surface area contributed by atoms with Gasteiger partial charge < -0.3 is 10.4 Å². The third-order valence-electron chi connectivity index (χ3n) is 2.42. The maximum atomic E-state index is 12.8. The van der Waals surface area contributed by atoms with E-state index >= 15 is 0 Å². The van der Waals surface area contributed by atoms with E-state index in [1.807, 2.05) is 0 Å². The van der Waals surface area contributed by atoms with Crippen LogP contribution in [0.2, 0.25) is 0 Å². The smallest absolute Gasteiger partial charge is 0.308 e. The number of carboxylic acid groups (broad SMARTS) is 1. The van der Waals surface area contributed by atoms with Crippen LogP contribution in [0.25, 0.3) is 0 Å². The van der Waals surface area contributed by atoms with Crippen LogP contribution in [-0.2, 0) is 9.59 Å². The normalized spacial score (nSPS) is 31.5. The molecule has 74 valence electrons. The van der Waals surface area contributed by atoms with Crippen LogP contribution < -0.4 is 5.32 Å². The van der Waals surface area contributed by atoms with Gasteiger partial charge in [0.2, 0.25) is 5.91 Å². The molecular formula is C8H12FNO3. The second-order valence-corrected chi connectivity index (χ2v) is 3.36. The highest BCUT2D eigenvalue weighted by Crippen LogP contribution is 2.27. The summed E-state index contributed by atoms with van der Waals surface area (Å²) < 4.78 is 12.8. The molecule has 1 saturated heterocycles. The number of halogens is 1. The van der Waals surface area contributed by atoms with E-state index in [1.165, 1.54) is 13.8 Å². The standard InChI is InChI=1S/C8H12FNO3/c1-3(8(12)13)6-5(4(2)9)7(11)10-6/h3-6H,1-2H3,(H,10,11)(H,12,13)/t3-,4+,5+,6+/m0/s1. The molecule has 0 aromatic rings. The van der Waals surface area contributed by atoms with E-state index in [2.05, 4.69) is 5.32 Å². The Hall–Kier alpha value is -1.13. The Balaban J connectivity index is 2.64. The van der Waals surface area contributed by atoms with Crippen molar-refractivity contribution in [3.05, 3.63) is 0 Å². The summed E-state index contributed by atoms with van der Waals surface area (Å²) in [4.78, 5) is 21.4. The second-order valence-electron chi connectivity index (χ2n) is 3.36. The number of carboxylic acids is 1. The number of β-lactam (4-membered cyclic amide) rings is 1. The number of carbonyl (C=O) groups excluding carboxylic acids is 1. The fourth-order valence-corrected chi connectivity index (χ4v) is 1.50. The Bertz CT molecular complexity index is 242. The number of hydrogen-bond acceptors (Lipinski definition) is 2. The van der Waals surface area contributed by atoms with Crippen molar-refractivity contribution < 1.29 is 19.1 Å². The Morgan fingerprint density at radius 1 is 1.62 bits per heavy atom. The van der Waals surface area contributed by atoms with Gasteiger partial charge in [0.15, 0.2) is 0 Å². The number of aliphatic carboxylic acids is 1. The van der Waals surface area contributed by atoms with Crippen LogP contribution in [0.3, 0.4) is 0 Å².